The molecule has 2 bridgehead atoms. The van der Waals surface area contributed by atoms with Crippen molar-refractivity contribution in [2.24, 2.45) is 5.92 Å². The van der Waals surface area contributed by atoms with Gasteiger partial charge < -0.3 is 29.3 Å². The number of piperidine rings is 1. The molecule has 2 aliphatic rings. The Morgan fingerprint density at radius 3 is 2.48 bits per heavy atom. The molecule has 5 rings (SSSR count). The highest BCUT2D eigenvalue weighted by atomic mass is 32.2. The Bertz CT molecular complexity index is 1700. The first-order valence-corrected chi connectivity index (χ1v) is 18.2. The van der Waals surface area contributed by atoms with E-state index in [9.17, 15) is 18.0 Å². The first kappa shape index (κ1) is 35.2. The summed E-state index contributed by atoms with van der Waals surface area (Å²) in [6.45, 7) is 6.56. The molecule has 0 spiro atoms. The van der Waals surface area contributed by atoms with Gasteiger partial charge >= 0.3 is 0 Å². The van der Waals surface area contributed by atoms with E-state index < -0.39 is 9.84 Å². The van der Waals surface area contributed by atoms with E-state index in [-0.39, 0.29) is 47.8 Å². The van der Waals surface area contributed by atoms with Crippen LogP contribution in [0.4, 0.5) is 5.82 Å². The van der Waals surface area contributed by atoms with Crippen LogP contribution in [0.5, 0.6) is 17.2 Å². The van der Waals surface area contributed by atoms with E-state index in [1.807, 2.05) is 6.07 Å². The number of aromatic nitrogens is 1. The maximum Gasteiger partial charge on any atom is 0.223 e. The van der Waals surface area contributed by atoms with Gasteiger partial charge in [0.1, 0.15) is 5.82 Å². The molecule has 0 aliphatic carbocycles. The van der Waals surface area contributed by atoms with Gasteiger partial charge in [0, 0.05) is 75.7 Å². The highest BCUT2D eigenvalue weighted by molar-refractivity contribution is 7.91. The second-order valence-electron chi connectivity index (χ2n) is 12.3. The van der Waals surface area contributed by atoms with Crippen LogP contribution in [0.3, 0.4) is 0 Å². The zero-order valence-corrected chi connectivity index (χ0v) is 29.2. The first-order chi connectivity index (χ1) is 23.2. The topological polar surface area (TPSA) is 131 Å². The van der Waals surface area contributed by atoms with Gasteiger partial charge in [0.2, 0.25) is 17.6 Å². The van der Waals surface area contributed by atoms with Crippen molar-refractivity contribution < 1.29 is 32.2 Å². The lowest BCUT2D eigenvalue weighted by Crippen LogP contribution is -2.42. The molecule has 1 atom stereocenters. The van der Waals surface area contributed by atoms with Gasteiger partial charge in [-0.15, -0.1) is 0 Å². The Morgan fingerprint density at radius 2 is 1.77 bits per heavy atom. The highest BCUT2D eigenvalue weighted by Crippen LogP contribution is 2.44. The average Bonchev–Trinajstić information content (AvgIpc) is 3.11. The van der Waals surface area contributed by atoms with E-state index in [0.29, 0.717) is 50.0 Å². The van der Waals surface area contributed by atoms with Gasteiger partial charge in [-0.05, 0) is 43.5 Å². The summed E-state index contributed by atoms with van der Waals surface area (Å²) in [6, 6.07) is 12.1. The zero-order valence-electron chi connectivity index (χ0n) is 28.4. The van der Waals surface area contributed by atoms with Gasteiger partial charge in [0.05, 0.1) is 37.5 Å². The van der Waals surface area contributed by atoms with Crippen molar-refractivity contribution in [2.45, 2.75) is 44.0 Å². The van der Waals surface area contributed by atoms with Crippen molar-refractivity contribution in [3.05, 3.63) is 48.0 Å². The first-order valence-electron chi connectivity index (χ1n) is 16.6. The molecule has 2 aromatic carbocycles. The van der Waals surface area contributed by atoms with Gasteiger partial charge in [-0.2, -0.15) is 0 Å². The molecule has 13 heteroatoms. The molecular weight excluding hydrogens is 634 g/mol. The van der Waals surface area contributed by atoms with Gasteiger partial charge in [-0.3, -0.25) is 14.5 Å². The number of ether oxygens (including phenoxy) is 3. The maximum absolute atomic E-state index is 13.5. The van der Waals surface area contributed by atoms with Crippen LogP contribution in [0.2, 0.25) is 0 Å². The number of benzene rings is 2. The Hall–Kier alpha value is -4.10. The number of anilines is 1. The highest BCUT2D eigenvalue weighted by Gasteiger charge is 2.28. The number of hydrogen-bond donors (Lipinski definition) is 1. The van der Waals surface area contributed by atoms with Crippen molar-refractivity contribution in [1.82, 2.24) is 20.1 Å². The molecule has 1 N–H and O–H groups in total. The van der Waals surface area contributed by atoms with E-state index in [1.54, 1.807) is 44.4 Å². The minimum Gasteiger partial charge on any atom is -0.493 e. The maximum atomic E-state index is 13.5. The van der Waals surface area contributed by atoms with Crippen molar-refractivity contribution in [2.75, 3.05) is 77.8 Å². The van der Waals surface area contributed by atoms with E-state index in [4.69, 9.17) is 19.2 Å². The van der Waals surface area contributed by atoms with E-state index >= 15 is 0 Å². The second kappa shape index (κ2) is 15.9. The van der Waals surface area contributed by atoms with Crippen molar-refractivity contribution in [3.63, 3.8) is 0 Å². The van der Waals surface area contributed by atoms with Gasteiger partial charge in [-0.1, -0.05) is 25.1 Å². The van der Waals surface area contributed by atoms with Crippen molar-refractivity contribution in [3.8, 4) is 17.2 Å². The van der Waals surface area contributed by atoms with Gasteiger partial charge in [0.25, 0.3) is 0 Å². The van der Waals surface area contributed by atoms with Crippen LogP contribution in [-0.4, -0.2) is 108 Å². The summed E-state index contributed by atoms with van der Waals surface area (Å²) in [4.78, 5) is 38.1. The lowest BCUT2D eigenvalue weighted by atomic mass is 9.97. The Labute approximate surface area is 283 Å². The van der Waals surface area contributed by atoms with Crippen molar-refractivity contribution in [1.29, 1.82) is 0 Å². The number of amides is 2. The molecule has 2 amide bonds. The third-order valence-corrected chi connectivity index (χ3v) is 11.0. The Balaban J connectivity index is 1.46. The zero-order chi connectivity index (χ0) is 34.3. The quantitative estimate of drug-likeness (QED) is 0.377. The predicted molar refractivity (Wildman–Crippen MR) is 185 cm³/mol. The van der Waals surface area contributed by atoms with Crippen LogP contribution in [0.1, 0.15) is 38.2 Å². The number of methoxy groups -OCH3 is 3. The molecule has 2 aliphatic heterocycles. The molecular formula is C35H47N5O7S. The number of sulfone groups is 1. The monoisotopic (exact) mass is 681 g/mol. The number of rotatable bonds is 8. The van der Waals surface area contributed by atoms with E-state index in [2.05, 4.69) is 28.1 Å². The number of carbonyl (C=O) groups is 2. The minimum atomic E-state index is -3.62. The molecule has 1 aromatic heterocycles. The fraction of sp³-hybridized carbons (Fsp3) is 0.514. The van der Waals surface area contributed by atoms with Crippen LogP contribution < -0.4 is 24.4 Å². The van der Waals surface area contributed by atoms with E-state index in [0.717, 1.165) is 48.2 Å². The molecule has 1 unspecified atom stereocenters. The fourth-order valence-electron chi connectivity index (χ4n) is 6.56. The number of carbonyl (C=O) groups excluding carboxylic acids is 2. The molecule has 0 radical (unpaired) electrons. The van der Waals surface area contributed by atoms with Crippen molar-refractivity contribution >= 4 is 38.4 Å². The number of likely N-dealkylation sites (N-methyl/N-ethyl adjacent to an activating group) is 1. The van der Waals surface area contributed by atoms with Gasteiger partial charge in [0.15, 0.2) is 21.3 Å². The number of nitrogens with zero attached hydrogens (tertiary/aromatic N) is 4. The summed E-state index contributed by atoms with van der Waals surface area (Å²) in [7, 11) is 1.15. The van der Waals surface area contributed by atoms with Crippen LogP contribution in [0.15, 0.2) is 47.4 Å². The second-order valence-corrected chi connectivity index (χ2v) is 14.4. The Kier molecular flexibility index (Phi) is 11.6. The lowest BCUT2D eigenvalue weighted by molar-refractivity contribution is -0.131. The third-order valence-electron chi connectivity index (χ3n) is 9.26. The largest absolute Gasteiger partial charge is 0.493 e. The molecule has 48 heavy (non-hydrogen) atoms. The third kappa shape index (κ3) is 8.12. The fourth-order valence-corrected chi connectivity index (χ4v) is 7.81. The van der Waals surface area contributed by atoms with Crippen LogP contribution in [0.25, 0.3) is 10.9 Å². The molecule has 1 saturated heterocycles. The molecule has 12 nitrogen and oxygen atoms in total. The molecule has 1 fully saturated rings. The summed E-state index contributed by atoms with van der Waals surface area (Å²) in [5.74, 6) is 1.97. The minimum absolute atomic E-state index is 0.123. The summed E-state index contributed by atoms with van der Waals surface area (Å²) >= 11 is 0. The number of hydrogen-bond acceptors (Lipinski definition) is 10. The standard InChI is InChI=1S/C35H47N5O7S/c1-5-38-17-18-39(32(42)14-19-48(43,44)27-11-7-6-8-12-27)16-13-31(41)36-22-25-10-9-15-40(23-25)35-26(24-38)20-28-29(37-35)21-30(45-2)34(47-4)33(28)46-3/h6-8,11-12,20-21,25H,5,9-10,13-19,22-24H2,1-4H3,(H,36,41). The summed E-state index contributed by atoms with van der Waals surface area (Å²) < 4.78 is 43.0. The molecule has 0 saturated carbocycles. The molecule has 3 heterocycles. The predicted octanol–water partition coefficient (Wildman–Crippen LogP) is 3.51. The smallest absolute Gasteiger partial charge is 0.223 e. The average molecular weight is 682 g/mol. The molecule has 260 valence electrons. The Morgan fingerprint density at radius 1 is 1.00 bits per heavy atom. The number of nitrogens with one attached hydrogen (secondary N) is 1. The molecule has 3 aromatic rings. The van der Waals surface area contributed by atoms with Gasteiger partial charge in [-0.25, -0.2) is 13.4 Å². The SMILES string of the molecule is CCN1CCN(C(=O)CCS(=O)(=O)c2ccccc2)CCC(=O)NCC2CCCN(C2)c2nc3cc(OC)c(OC)c(OC)c3cc2C1. The van der Waals surface area contributed by atoms with Crippen LogP contribution in [0, 0.1) is 5.92 Å². The summed E-state index contributed by atoms with van der Waals surface area (Å²) in [5, 5.41) is 3.89. The van der Waals surface area contributed by atoms with Crippen LogP contribution in [-0.2, 0) is 26.0 Å². The van der Waals surface area contributed by atoms with Crippen LogP contribution >= 0.6 is 0 Å². The lowest BCUT2D eigenvalue weighted by Gasteiger charge is -2.35. The number of fused-ring (bicyclic) bond motifs is 5. The van der Waals surface area contributed by atoms with E-state index in [1.165, 1.54) is 12.1 Å². The number of pyridine rings is 1. The summed E-state index contributed by atoms with van der Waals surface area (Å²) in [6.07, 6.45) is 1.95. The summed E-state index contributed by atoms with van der Waals surface area (Å²) in [5.41, 5.74) is 1.74. The normalized spacial score (nSPS) is 18.3.